The fraction of sp³-hybridized carbons (Fsp3) is 0.500. The number of likely N-dealkylation sites (tertiary alicyclic amines) is 1. The minimum atomic E-state index is -4.26. The van der Waals surface area contributed by atoms with E-state index in [0.717, 1.165) is 25.1 Å². The summed E-state index contributed by atoms with van der Waals surface area (Å²) in [5, 5.41) is 8.76. The lowest BCUT2D eigenvalue weighted by atomic mass is 10.1. The van der Waals surface area contributed by atoms with Crippen molar-refractivity contribution in [1.29, 1.82) is 0 Å². The van der Waals surface area contributed by atoms with Gasteiger partial charge in [0.25, 0.3) is 0 Å². The number of carbonyl (C=O) groups is 1. The highest BCUT2D eigenvalue weighted by Crippen LogP contribution is 2.36. The van der Waals surface area contributed by atoms with Gasteiger partial charge in [-0.15, -0.1) is 0 Å². The second kappa shape index (κ2) is 6.70. The summed E-state index contributed by atoms with van der Waals surface area (Å²) in [6.45, 7) is 2.20. The minimum absolute atomic E-state index is 0.119. The Labute approximate surface area is 125 Å². The molecule has 0 spiro atoms. The van der Waals surface area contributed by atoms with Gasteiger partial charge in [0.1, 0.15) is 0 Å². The quantitative estimate of drug-likeness (QED) is 0.842. The fourth-order valence-electron chi connectivity index (χ4n) is 2.52. The number of nitrogens with zero attached hydrogens (tertiary/aromatic N) is 1. The van der Waals surface area contributed by atoms with Crippen LogP contribution in [0.2, 0.25) is 0 Å². The lowest BCUT2D eigenvalue weighted by molar-refractivity contribution is -0.138. The van der Waals surface area contributed by atoms with Gasteiger partial charge in [-0.2, -0.15) is 13.2 Å². The standard InChI is InChI=1S/C14H16F3NO2S/c15-14(16,17)21-12-3-1-10(2-4-12)8-18-6-5-11(9-18)7-13(19)20/h1-4,11H,5-9H2,(H,19,20). The molecule has 1 unspecified atom stereocenters. The molecule has 1 aromatic carbocycles. The molecule has 0 radical (unpaired) electrons. The zero-order chi connectivity index (χ0) is 15.5. The van der Waals surface area contributed by atoms with Crippen molar-refractivity contribution in [3.05, 3.63) is 29.8 Å². The monoisotopic (exact) mass is 319 g/mol. The van der Waals surface area contributed by atoms with Gasteiger partial charge >= 0.3 is 11.5 Å². The maximum atomic E-state index is 12.2. The molecular formula is C14H16F3NO2S. The van der Waals surface area contributed by atoms with Crippen LogP contribution in [-0.4, -0.2) is 34.6 Å². The average Bonchev–Trinajstić information content (AvgIpc) is 2.76. The summed E-state index contributed by atoms with van der Waals surface area (Å²) < 4.78 is 36.7. The molecule has 0 amide bonds. The highest BCUT2D eigenvalue weighted by atomic mass is 32.2. The van der Waals surface area contributed by atoms with Crippen LogP contribution in [0.15, 0.2) is 29.2 Å². The molecule has 1 aliphatic rings. The molecule has 1 heterocycles. The lowest BCUT2D eigenvalue weighted by Crippen LogP contribution is -2.20. The first kappa shape index (κ1) is 16.2. The van der Waals surface area contributed by atoms with E-state index in [2.05, 4.69) is 4.90 Å². The predicted octanol–water partition coefficient (Wildman–Crippen LogP) is 3.60. The highest BCUT2D eigenvalue weighted by molar-refractivity contribution is 8.00. The molecular weight excluding hydrogens is 303 g/mol. The van der Waals surface area contributed by atoms with Crippen LogP contribution in [0.1, 0.15) is 18.4 Å². The largest absolute Gasteiger partial charge is 0.481 e. The van der Waals surface area contributed by atoms with E-state index in [4.69, 9.17) is 5.11 Å². The van der Waals surface area contributed by atoms with Crippen LogP contribution in [0.3, 0.4) is 0 Å². The molecule has 0 aliphatic carbocycles. The number of alkyl halides is 3. The molecule has 1 fully saturated rings. The van der Waals surface area contributed by atoms with Gasteiger partial charge in [-0.1, -0.05) is 12.1 Å². The zero-order valence-electron chi connectivity index (χ0n) is 11.3. The summed E-state index contributed by atoms with van der Waals surface area (Å²) in [5.74, 6) is -0.613. The molecule has 116 valence electrons. The van der Waals surface area contributed by atoms with Crippen molar-refractivity contribution < 1.29 is 23.1 Å². The molecule has 1 aromatic rings. The molecule has 1 N–H and O–H groups in total. The maximum Gasteiger partial charge on any atom is 0.446 e. The Bertz CT molecular complexity index is 490. The number of hydrogen-bond donors (Lipinski definition) is 1. The highest BCUT2D eigenvalue weighted by Gasteiger charge is 2.29. The summed E-state index contributed by atoms with van der Waals surface area (Å²) >= 11 is -0.119. The number of rotatable bonds is 5. The minimum Gasteiger partial charge on any atom is -0.481 e. The van der Waals surface area contributed by atoms with Gasteiger partial charge in [-0.25, -0.2) is 0 Å². The summed E-state index contributed by atoms with van der Waals surface area (Å²) in [4.78, 5) is 13.0. The zero-order valence-corrected chi connectivity index (χ0v) is 12.1. The fourth-order valence-corrected chi connectivity index (χ4v) is 3.06. The maximum absolute atomic E-state index is 12.2. The number of halogens is 3. The van der Waals surface area contributed by atoms with Crippen molar-refractivity contribution in [3.8, 4) is 0 Å². The summed E-state index contributed by atoms with van der Waals surface area (Å²) in [5.41, 5.74) is -3.32. The van der Waals surface area contributed by atoms with E-state index < -0.39 is 11.5 Å². The van der Waals surface area contributed by atoms with Crippen molar-refractivity contribution in [3.63, 3.8) is 0 Å². The number of hydrogen-bond acceptors (Lipinski definition) is 3. The van der Waals surface area contributed by atoms with Gasteiger partial charge in [0.05, 0.1) is 0 Å². The Hall–Kier alpha value is -1.21. The van der Waals surface area contributed by atoms with Crippen molar-refractivity contribution in [2.75, 3.05) is 13.1 Å². The lowest BCUT2D eigenvalue weighted by Gasteiger charge is -2.16. The molecule has 1 aliphatic heterocycles. The molecule has 0 aromatic heterocycles. The first-order valence-electron chi connectivity index (χ1n) is 6.60. The Morgan fingerprint density at radius 1 is 1.33 bits per heavy atom. The first-order valence-corrected chi connectivity index (χ1v) is 7.42. The number of carboxylic acid groups (broad SMARTS) is 1. The van der Waals surface area contributed by atoms with Crippen molar-refractivity contribution >= 4 is 17.7 Å². The van der Waals surface area contributed by atoms with Crippen molar-refractivity contribution in [1.82, 2.24) is 4.90 Å². The number of carboxylic acids is 1. The molecule has 0 bridgehead atoms. The van der Waals surface area contributed by atoms with Crippen LogP contribution in [-0.2, 0) is 11.3 Å². The van der Waals surface area contributed by atoms with Crippen LogP contribution >= 0.6 is 11.8 Å². The topological polar surface area (TPSA) is 40.5 Å². The van der Waals surface area contributed by atoms with Crippen LogP contribution in [0.5, 0.6) is 0 Å². The Balaban J connectivity index is 1.85. The number of benzene rings is 1. The molecule has 1 saturated heterocycles. The molecule has 3 nitrogen and oxygen atoms in total. The summed E-state index contributed by atoms with van der Waals surface area (Å²) in [6, 6.07) is 6.33. The van der Waals surface area contributed by atoms with E-state index in [1.54, 1.807) is 12.1 Å². The number of aliphatic carboxylic acids is 1. The van der Waals surface area contributed by atoms with Gasteiger partial charge in [0, 0.05) is 24.4 Å². The molecule has 0 saturated carbocycles. The third-order valence-electron chi connectivity index (χ3n) is 3.40. The van der Waals surface area contributed by atoms with Gasteiger partial charge in [0.2, 0.25) is 0 Å². The number of thioether (sulfide) groups is 1. The van der Waals surface area contributed by atoms with Gasteiger partial charge in [-0.05, 0) is 48.3 Å². The Morgan fingerprint density at radius 3 is 2.57 bits per heavy atom. The van der Waals surface area contributed by atoms with E-state index in [1.165, 1.54) is 12.1 Å². The molecule has 21 heavy (non-hydrogen) atoms. The SMILES string of the molecule is O=C(O)CC1CCN(Cc2ccc(SC(F)(F)F)cc2)C1. The van der Waals surface area contributed by atoms with Crippen LogP contribution in [0, 0.1) is 5.92 Å². The summed E-state index contributed by atoms with van der Waals surface area (Å²) in [7, 11) is 0. The van der Waals surface area contributed by atoms with Gasteiger partial charge in [-0.3, -0.25) is 9.69 Å². The second-order valence-electron chi connectivity index (χ2n) is 5.18. The van der Waals surface area contributed by atoms with Crippen LogP contribution < -0.4 is 0 Å². The van der Waals surface area contributed by atoms with E-state index in [9.17, 15) is 18.0 Å². The van der Waals surface area contributed by atoms with Crippen molar-refractivity contribution in [2.24, 2.45) is 5.92 Å². The second-order valence-corrected chi connectivity index (χ2v) is 6.32. The smallest absolute Gasteiger partial charge is 0.446 e. The first-order chi connectivity index (χ1) is 9.82. The van der Waals surface area contributed by atoms with E-state index >= 15 is 0 Å². The predicted molar refractivity (Wildman–Crippen MR) is 74.0 cm³/mol. The van der Waals surface area contributed by atoms with E-state index in [1.807, 2.05) is 0 Å². The van der Waals surface area contributed by atoms with Gasteiger partial charge in [0.15, 0.2) is 0 Å². The summed E-state index contributed by atoms with van der Waals surface area (Å²) in [6.07, 6.45) is 1.03. The van der Waals surface area contributed by atoms with E-state index in [0.29, 0.717) is 6.54 Å². The molecule has 2 rings (SSSR count). The molecule has 1 atom stereocenters. The van der Waals surface area contributed by atoms with Crippen molar-refractivity contribution in [2.45, 2.75) is 29.8 Å². The Kier molecular flexibility index (Phi) is 5.16. The van der Waals surface area contributed by atoms with Crippen LogP contribution in [0.4, 0.5) is 13.2 Å². The third-order valence-corrected chi connectivity index (χ3v) is 4.14. The third kappa shape index (κ3) is 5.59. The average molecular weight is 319 g/mol. The van der Waals surface area contributed by atoms with E-state index in [-0.39, 0.29) is 29.0 Å². The molecule has 7 heteroatoms. The Morgan fingerprint density at radius 2 is 2.00 bits per heavy atom. The normalized spacial score (nSPS) is 19.9. The van der Waals surface area contributed by atoms with Gasteiger partial charge < -0.3 is 5.11 Å². The van der Waals surface area contributed by atoms with Crippen LogP contribution in [0.25, 0.3) is 0 Å².